The number of carbonyl (C=O) groups excluding carboxylic acids is 1. The van der Waals surface area contributed by atoms with Gasteiger partial charge in [-0.3, -0.25) is 4.79 Å². The minimum Gasteiger partial charge on any atom is -0.393 e. The topological polar surface area (TPSA) is 40.5 Å². The summed E-state index contributed by atoms with van der Waals surface area (Å²) in [6, 6.07) is 8.37. The Balaban J connectivity index is 2.13. The van der Waals surface area contributed by atoms with E-state index in [1.807, 2.05) is 6.07 Å². The Morgan fingerprint density at radius 3 is 2.76 bits per heavy atom. The zero-order valence-corrected chi connectivity index (χ0v) is 9.55. The molecule has 1 saturated heterocycles. The fraction of sp³-hybridized carbons (Fsp3) is 0.462. The first kappa shape index (κ1) is 12.0. The van der Waals surface area contributed by atoms with Gasteiger partial charge >= 0.3 is 0 Å². The van der Waals surface area contributed by atoms with Gasteiger partial charge in [0.25, 0.3) is 5.91 Å². The van der Waals surface area contributed by atoms with Crippen LogP contribution in [0, 0.1) is 0 Å². The highest BCUT2D eigenvalue weighted by molar-refractivity contribution is 5.94. The summed E-state index contributed by atoms with van der Waals surface area (Å²) in [6.45, 7) is -0.181. The van der Waals surface area contributed by atoms with Crippen LogP contribution < -0.4 is 0 Å². The standard InChI is InChI=1S/C13H16FNO2/c14-9-11-8-12(16)6-7-15(11)13(17)10-4-2-1-3-5-10/h1-5,11-12,16H,6-9H2. The summed E-state index contributed by atoms with van der Waals surface area (Å²) in [5.74, 6) is -0.153. The normalized spacial score (nSPS) is 24.7. The van der Waals surface area contributed by atoms with Crippen molar-refractivity contribution < 1.29 is 14.3 Å². The Labute approximate surface area is 99.9 Å². The lowest BCUT2D eigenvalue weighted by molar-refractivity contribution is 0.0262. The molecule has 1 heterocycles. The molecule has 92 valence electrons. The number of halogens is 1. The molecule has 1 aliphatic heterocycles. The van der Waals surface area contributed by atoms with Crippen molar-refractivity contribution in [1.29, 1.82) is 0 Å². The third kappa shape index (κ3) is 2.64. The van der Waals surface area contributed by atoms with E-state index in [4.69, 9.17) is 0 Å². The van der Waals surface area contributed by atoms with E-state index in [1.54, 1.807) is 24.3 Å². The maximum Gasteiger partial charge on any atom is 0.254 e. The highest BCUT2D eigenvalue weighted by Crippen LogP contribution is 2.20. The van der Waals surface area contributed by atoms with E-state index in [0.29, 0.717) is 24.9 Å². The number of aliphatic hydroxyl groups excluding tert-OH is 1. The van der Waals surface area contributed by atoms with Gasteiger partial charge in [-0.2, -0.15) is 0 Å². The van der Waals surface area contributed by atoms with Crippen LogP contribution in [0.5, 0.6) is 0 Å². The van der Waals surface area contributed by atoms with E-state index in [1.165, 1.54) is 4.90 Å². The molecule has 17 heavy (non-hydrogen) atoms. The molecule has 0 aromatic heterocycles. The third-order valence-electron chi connectivity index (χ3n) is 3.15. The minimum absolute atomic E-state index is 0.153. The quantitative estimate of drug-likeness (QED) is 0.849. The molecule has 0 saturated carbocycles. The molecule has 4 heteroatoms. The van der Waals surface area contributed by atoms with Gasteiger partial charge in [-0.25, -0.2) is 4.39 Å². The number of likely N-dealkylation sites (tertiary alicyclic amines) is 1. The van der Waals surface area contributed by atoms with Gasteiger partial charge in [0.2, 0.25) is 0 Å². The number of piperidine rings is 1. The molecule has 0 bridgehead atoms. The Kier molecular flexibility index (Phi) is 3.74. The van der Waals surface area contributed by atoms with Gasteiger partial charge < -0.3 is 10.0 Å². The number of hydrogen-bond donors (Lipinski definition) is 1. The molecule has 1 aliphatic rings. The molecule has 1 N–H and O–H groups in total. The van der Waals surface area contributed by atoms with Crippen molar-refractivity contribution in [3.63, 3.8) is 0 Å². The van der Waals surface area contributed by atoms with Gasteiger partial charge in [0, 0.05) is 12.1 Å². The van der Waals surface area contributed by atoms with Crippen LogP contribution in [0.1, 0.15) is 23.2 Å². The van der Waals surface area contributed by atoms with Crippen molar-refractivity contribution in [2.24, 2.45) is 0 Å². The van der Waals surface area contributed by atoms with Crippen molar-refractivity contribution in [3.8, 4) is 0 Å². The first-order chi connectivity index (χ1) is 8.22. The fourth-order valence-electron chi connectivity index (χ4n) is 2.19. The SMILES string of the molecule is O=C(c1ccccc1)N1CCC(O)CC1CF. The van der Waals surface area contributed by atoms with Gasteiger partial charge in [0.05, 0.1) is 12.1 Å². The Hall–Kier alpha value is -1.42. The second kappa shape index (κ2) is 5.27. The van der Waals surface area contributed by atoms with Crippen LogP contribution in [0.25, 0.3) is 0 Å². The van der Waals surface area contributed by atoms with E-state index >= 15 is 0 Å². The fourth-order valence-corrected chi connectivity index (χ4v) is 2.19. The number of alkyl halides is 1. The van der Waals surface area contributed by atoms with E-state index in [2.05, 4.69) is 0 Å². The lowest BCUT2D eigenvalue weighted by atomic mass is 9.99. The maximum absolute atomic E-state index is 12.9. The lowest BCUT2D eigenvalue weighted by Gasteiger charge is -2.36. The summed E-state index contributed by atoms with van der Waals surface area (Å²) in [7, 11) is 0. The van der Waals surface area contributed by atoms with Crippen LogP contribution in [-0.2, 0) is 0 Å². The molecule has 1 aromatic carbocycles. The molecule has 0 radical (unpaired) electrons. The van der Waals surface area contributed by atoms with Gasteiger partial charge in [-0.05, 0) is 25.0 Å². The third-order valence-corrected chi connectivity index (χ3v) is 3.15. The maximum atomic E-state index is 12.9. The predicted octanol–water partition coefficient (Wildman–Crippen LogP) is 1.62. The van der Waals surface area contributed by atoms with Crippen LogP contribution in [0.4, 0.5) is 4.39 Å². The zero-order valence-electron chi connectivity index (χ0n) is 9.55. The van der Waals surface area contributed by atoms with E-state index in [-0.39, 0.29) is 5.91 Å². The van der Waals surface area contributed by atoms with Crippen LogP contribution in [0.15, 0.2) is 30.3 Å². The highest BCUT2D eigenvalue weighted by Gasteiger charge is 2.31. The number of rotatable bonds is 2. The van der Waals surface area contributed by atoms with Crippen molar-refractivity contribution in [3.05, 3.63) is 35.9 Å². The Morgan fingerprint density at radius 1 is 1.41 bits per heavy atom. The summed E-state index contributed by atoms with van der Waals surface area (Å²) in [4.78, 5) is 13.7. The van der Waals surface area contributed by atoms with Gasteiger partial charge in [-0.15, -0.1) is 0 Å². The second-order valence-corrected chi connectivity index (χ2v) is 4.35. The first-order valence-electron chi connectivity index (χ1n) is 5.82. The number of hydrogen-bond acceptors (Lipinski definition) is 2. The average molecular weight is 237 g/mol. The largest absolute Gasteiger partial charge is 0.393 e. The van der Waals surface area contributed by atoms with Crippen LogP contribution >= 0.6 is 0 Å². The number of nitrogens with zero attached hydrogens (tertiary/aromatic N) is 1. The Morgan fingerprint density at radius 2 is 2.12 bits per heavy atom. The summed E-state index contributed by atoms with van der Waals surface area (Å²) >= 11 is 0. The molecule has 1 amide bonds. The smallest absolute Gasteiger partial charge is 0.254 e. The number of carbonyl (C=O) groups is 1. The summed E-state index contributed by atoms with van der Waals surface area (Å²) in [5, 5.41) is 9.48. The summed E-state index contributed by atoms with van der Waals surface area (Å²) in [6.07, 6.45) is 0.361. The number of benzene rings is 1. The molecular weight excluding hydrogens is 221 g/mol. The molecule has 3 nitrogen and oxygen atoms in total. The average Bonchev–Trinajstić information content (AvgIpc) is 2.39. The Bertz CT molecular complexity index is 382. The van der Waals surface area contributed by atoms with Crippen molar-refractivity contribution >= 4 is 5.91 Å². The van der Waals surface area contributed by atoms with Gasteiger partial charge in [0.1, 0.15) is 6.67 Å². The van der Waals surface area contributed by atoms with Crippen molar-refractivity contribution in [2.75, 3.05) is 13.2 Å². The monoisotopic (exact) mass is 237 g/mol. The highest BCUT2D eigenvalue weighted by atomic mass is 19.1. The molecule has 1 fully saturated rings. The van der Waals surface area contributed by atoms with Crippen LogP contribution in [0.2, 0.25) is 0 Å². The number of aliphatic hydroxyl groups is 1. The number of amides is 1. The van der Waals surface area contributed by atoms with E-state index < -0.39 is 18.8 Å². The molecule has 0 spiro atoms. The molecule has 2 rings (SSSR count). The van der Waals surface area contributed by atoms with Crippen molar-refractivity contribution in [1.82, 2.24) is 4.90 Å². The second-order valence-electron chi connectivity index (χ2n) is 4.35. The van der Waals surface area contributed by atoms with E-state index in [0.717, 1.165) is 0 Å². The molecule has 2 unspecified atom stereocenters. The lowest BCUT2D eigenvalue weighted by Crippen LogP contribution is -2.48. The van der Waals surface area contributed by atoms with E-state index in [9.17, 15) is 14.3 Å². The zero-order chi connectivity index (χ0) is 12.3. The van der Waals surface area contributed by atoms with Gasteiger partial charge in [-0.1, -0.05) is 18.2 Å². The predicted molar refractivity (Wildman–Crippen MR) is 62.5 cm³/mol. The van der Waals surface area contributed by atoms with Crippen LogP contribution in [-0.4, -0.2) is 41.3 Å². The minimum atomic E-state index is -0.602. The van der Waals surface area contributed by atoms with Gasteiger partial charge in [0.15, 0.2) is 0 Å². The molecular formula is C13H16FNO2. The van der Waals surface area contributed by atoms with Crippen molar-refractivity contribution in [2.45, 2.75) is 25.0 Å². The first-order valence-corrected chi connectivity index (χ1v) is 5.82. The van der Waals surface area contributed by atoms with Crippen LogP contribution in [0.3, 0.4) is 0 Å². The summed E-state index contributed by atoms with van der Waals surface area (Å²) < 4.78 is 12.9. The molecule has 2 atom stereocenters. The molecule has 0 aliphatic carbocycles. The summed E-state index contributed by atoms with van der Waals surface area (Å²) in [5.41, 5.74) is 0.572. The molecule has 1 aromatic rings.